The highest BCUT2D eigenvalue weighted by atomic mass is 16.5. The van der Waals surface area contributed by atoms with Crippen molar-refractivity contribution < 1.29 is 29.0 Å². The largest absolute Gasteiger partial charge is 0.484 e. The molecule has 2 aromatic rings. The van der Waals surface area contributed by atoms with Gasteiger partial charge in [0.2, 0.25) is 0 Å². The molecule has 0 aliphatic carbocycles. The van der Waals surface area contributed by atoms with Crippen molar-refractivity contribution >= 4 is 23.3 Å². The van der Waals surface area contributed by atoms with Crippen molar-refractivity contribution in [2.24, 2.45) is 0 Å². The van der Waals surface area contributed by atoms with Crippen molar-refractivity contribution in [3.8, 4) is 5.75 Å². The molecule has 1 aliphatic heterocycles. The van der Waals surface area contributed by atoms with Gasteiger partial charge in [0.15, 0.2) is 18.5 Å². The summed E-state index contributed by atoms with van der Waals surface area (Å²) in [5, 5.41) is 9.06. The number of methoxy groups -OCH3 is 1. The Morgan fingerprint density at radius 1 is 0.969 bits per heavy atom. The van der Waals surface area contributed by atoms with E-state index < -0.39 is 12.1 Å². The molecule has 1 saturated heterocycles. The third kappa shape index (κ3) is 6.07. The van der Waals surface area contributed by atoms with Crippen LogP contribution in [0.5, 0.6) is 5.75 Å². The Morgan fingerprint density at radius 2 is 1.59 bits per heavy atom. The van der Waals surface area contributed by atoms with Crippen LogP contribution in [0, 0.1) is 0 Å². The summed E-state index contributed by atoms with van der Waals surface area (Å²) in [6, 6.07) is 14.5. The van der Waals surface area contributed by atoms with Gasteiger partial charge in [-0.05, 0) is 48.9 Å². The van der Waals surface area contributed by atoms with Gasteiger partial charge in [0.05, 0.1) is 0 Å². The predicted octanol–water partition coefficient (Wildman–Crippen LogP) is 2.26. The molecule has 1 fully saturated rings. The molecular formula is C24H28N2O6. The average molecular weight is 440 g/mol. The molecule has 0 spiro atoms. The van der Waals surface area contributed by atoms with Crippen LogP contribution in [0.15, 0.2) is 48.5 Å². The van der Waals surface area contributed by atoms with Gasteiger partial charge in [0.1, 0.15) is 5.75 Å². The predicted molar refractivity (Wildman–Crippen MR) is 119 cm³/mol. The number of hydrogen-bond donors (Lipinski definition) is 1. The molecule has 0 aromatic heterocycles. The molecule has 2 aromatic carbocycles. The number of benzene rings is 2. The van der Waals surface area contributed by atoms with Gasteiger partial charge in [-0.3, -0.25) is 9.59 Å². The Hall–Kier alpha value is -3.39. The van der Waals surface area contributed by atoms with Crippen molar-refractivity contribution in [3.05, 3.63) is 59.7 Å². The smallest absolute Gasteiger partial charge is 0.333 e. The summed E-state index contributed by atoms with van der Waals surface area (Å²) >= 11 is 0. The molecule has 3 rings (SSSR count). The standard InChI is InChI=1S/C24H28N2O6/c1-17(27)19-5-7-20(8-6-19)25-11-13-26(14-12-25)23(28)16-32-21-9-3-18(4-10-21)15-22(31-2)24(29)30/h3-10,22H,11-16H2,1-2H3,(H,29,30). The zero-order valence-electron chi connectivity index (χ0n) is 18.3. The lowest BCUT2D eigenvalue weighted by atomic mass is 10.1. The Bertz CT molecular complexity index is 934. The molecule has 1 N–H and O–H groups in total. The van der Waals surface area contributed by atoms with E-state index in [1.165, 1.54) is 7.11 Å². The van der Waals surface area contributed by atoms with E-state index in [0.29, 0.717) is 37.5 Å². The first kappa shape index (κ1) is 23.3. The Balaban J connectivity index is 1.45. The summed E-state index contributed by atoms with van der Waals surface area (Å²) < 4.78 is 10.6. The van der Waals surface area contributed by atoms with Gasteiger partial charge in [0, 0.05) is 51.0 Å². The number of ketones is 1. The second-order valence-corrected chi connectivity index (χ2v) is 7.67. The lowest BCUT2D eigenvalue weighted by Crippen LogP contribution is -2.50. The average Bonchev–Trinajstić information content (AvgIpc) is 2.81. The van der Waals surface area contributed by atoms with Crippen LogP contribution in [0.2, 0.25) is 0 Å². The second kappa shape index (κ2) is 10.8. The molecule has 170 valence electrons. The number of aliphatic carboxylic acids is 1. The third-order valence-corrected chi connectivity index (χ3v) is 5.54. The highest BCUT2D eigenvalue weighted by Gasteiger charge is 2.22. The van der Waals surface area contributed by atoms with E-state index in [4.69, 9.17) is 14.6 Å². The number of piperazine rings is 1. The number of ether oxygens (including phenoxy) is 2. The molecule has 0 radical (unpaired) electrons. The summed E-state index contributed by atoms with van der Waals surface area (Å²) in [6.45, 7) is 4.12. The molecule has 8 nitrogen and oxygen atoms in total. The van der Waals surface area contributed by atoms with Crippen molar-refractivity contribution in [3.63, 3.8) is 0 Å². The summed E-state index contributed by atoms with van der Waals surface area (Å²) in [6.07, 6.45) is -0.638. The quantitative estimate of drug-likeness (QED) is 0.598. The zero-order valence-corrected chi connectivity index (χ0v) is 18.3. The van der Waals surface area contributed by atoms with Crippen LogP contribution >= 0.6 is 0 Å². The van der Waals surface area contributed by atoms with E-state index >= 15 is 0 Å². The van der Waals surface area contributed by atoms with Crippen molar-refractivity contribution in [2.75, 3.05) is 44.8 Å². The van der Waals surface area contributed by atoms with E-state index in [1.54, 1.807) is 36.1 Å². The Labute approximate surface area is 187 Å². The lowest BCUT2D eigenvalue weighted by Gasteiger charge is -2.36. The van der Waals surface area contributed by atoms with Crippen LogP contribution in [-0.4, -0.2) is 73.7 Å². The fourth-order valence-electron chi connectivity index (χ4n) is 3.56. The third-order valence-electron chi connectivity index (χ3n) is 5.54. The molecule has 8 heteroatoms. The van der Waals surface area contributed by atoms with Crippen LogP contribution in [0.25, 0.3) is 0 Å². The highest BCUT2D eigenvalue weighted by Crippen LogP contribution is 2.18. The number of amides is 1. The van der Waals surface area contributed by atoms with E-state index in [2.05, 4.69) is 4.90 Å². The number of rotatable bonds is 9. The van der Waals surface area contributed by atoms with Gasteiger partial charge in [-0.2, -0.15) is 0 Å². The first-order valence-corrected chi connectivity index (χ1v) is 10.5. The monoisotopic (exact) mass is 440 g/mol. The van der Waals surface area contributed by atoms with Crippen LogP contribution in [0.4, 0.5) is 5.69 Å². The molecule has 1 heterocycles. The minimum Gasteiger partial charge on any atom is -0.484 e. The first-order valence-electron chi connectivity index (χ1n) is 10.5. The molecule has 1 unspecified atom stereocenters. The van der Waals surface area contributed by atoms with E-state index in [0.717, 1.165) is 11.3 Å². The maximum absolute atomic E-state index is 12.5. The number of carbonyl (C=O) groups is 3. The second-order valence-electron chi connectivity index (χ2n) is 7.67. The summed E-state index contributed by atoms with van der Waals surface area (Å²) in [5.41, 5.74) is 2.54. The lowest BCUT2D eigenvalue weighted by molar-refractivity contribution is -0.148. The summed E-state index contributed by atoms with van der Waals surface area (Å²) in [5.74, 6) is -0.491. The van der Waals surface area contributed by atoms with Gasteiger partial charge in [-0.25, -0.2) is 4.79 Å². The normalized spacial score (nSPS) is 14.7. The first-order chi connectivity index (χ1) is 15.4. The van der Waals surface area contributed by atoms with E-state index in [-0.39, 0.29) is 24.7 Å². The molecule has 0 saturated carbocycles. The minimum atomic E-state index is -1.01. The van der Waals surface area contributed by atoms with Crippen molar-refractivity contribution in [1.82, 2.24) is 4.90 Å². The van der Waals surface area contributed by atoms with Gasteiger partial charge >= 0.3 is 5.97 Å². The minimum absolute atomic E-state index is 0.0426. The van der Waals surface area contributed by atoms with Gasteiger partial charge in [0.25, 0.3) is 5.91 Å². The maximum Gasteiger partial charge on any atom is 0.333 e. The summed E-state index contributed by atoms with van der Waals surface area (Å²) in [7, 11) is 1.37. The zero-order chi connectivity index (χ0) is 23.1. The number of Topliss-reactive ketones (excluding diaryl/α,β-unsaturated/α-hetero) is 1. The topological polar surface area (TPSA) is 96.4 Å². The number of carboxylic acids is 1. The van der Waals surface area contributed by atoms with Crippen LogP contribution < -0.4 is 9.64 Å². The number of carboxylic acid groups (broad SMARTS) is 1. The molecule has 0 bridgehead atoms. The van der Waals surface area contributed by atoms with Crippen molar-refractivity contribution in [2.45, 2.75) is 19.4 Å². The molecular weight excluding hydrogens is 412 g/mol. The fraction of sp³-hybridized carbons (Fsp3) is 0.375. The van der Waals surface area contributed by atoms with Crippen LogP contribution in [-0.2, 0) is 20.7 Å². The number of anilines is 1. The van der Waals surface area contributed by atoms with Gasteiger partial charge < -0.3 is 24.4 Å². The fourth-order valence-corrected chi connectivity index (χ4v) is 3.56. The SMILES string of the molecule is COC(Cc1ccc(OCC(=O)N2CCN(c3ccc(C(C)=O)cc3)CC2)cc1)C(=O)O. The van der Waals surface area contributed by atoms with Crippen LogP contribution in [0.1, 0.15) is 22.8 Å². The van der Waals surface area contributed by atoms with E-state index in [9.17, 15) is 14.4 Å². The Kier molecular flexibility index (Phi) is 7.83. The van der Waals surface area contributed by atoms with Crippen molar-refractivity contribution in [1.29, 1.82) is 0 Å². The maximum atomic E-state index is 12.5. The molecule has 32 heavy (non-hydrogen) atoms. The highest BCUT2D eigenvalue weighted by molar-refractivity contribution is 5.94. The number of nitrogens with zero attached hydrogens (tertiary/aromatic N) is 2. The molecule has 1 atom stereocenters. The Morgan fingerprint density at radius 3 is 2.12 bits per heavy atom. The van der Waals surface area contributed by atoms with Gasteiger partial charge in [-0.15, -0.1) is 0 Å². The number of hydrogen-bond acceptors (Lipinski definition) is 6. The molecule has 1 aliphatic rings. The van der Waals surface area contributed by atoms with E-state index in [1.807, 2.05) is 24.3 Å². The van der Waals surface area contributed by atoms with Crippen LogP contribution in [0.3, 0.4) is 0 Å². The summed E-state index contributed by atoms with van der Waals surface area (Å²) in [4.78, 5) is 39.0. The molecule has 1 amide bonds. The number of carbonyl (C=O) groups excluding carboxylic acids is 2. The van der Waals surface area contributed by atoms with Gasteiger partial charge in [-0.1, -0.05) is 12.1 Å².